The monoisotopic (exact) mass is 300 g/mol. The molecule has 0 fully saturated rings. The fourth-order valence-electron chi connectivity index (χ4n) is 1.89. The summed E-state index contributed by atoms with van der Waals surface area (Å²) in [7, 11) is 0. The van der Waals surface area contributed by atoms with Crippen LogP contribution in [0.5, 0.6) is 0 Å². The highest BCUT2D eigenvalue weighted by Gasteiger charge is 2.22. The number of rotatable bonds is 5. The smallest absolute Gasteiger partial charge is 0.129 e. The molecular formula is C12H14ClFN4S. The number of nitrogens with one attached hydrogen (secondary N) is 1. The topological polar surface area (TPSA) is 63.8 Å². The zero-order valence-electron chi connectivity index (χ0n) is 10.4. The summed E-state index contributed by atoms with van der Waals surface area (Å²) in [5.41, 5.74) is 3.92. The first-order valence-electron chi connectivity index (χ1n) is 5.89. The Hall–Kier alpha value is -1.08. The molecule has 0 aliphatic rings. The van der Waals surface area contributed by atoms with E-state index in [1.54, 1.807) is 12.1 Å². The summed E-state index contributed by atoms with van der Waals surface area (Å²) >= 11 is 6.98. The lowest BCUT2D eigenvalue weighted by Crippen LogP contribution is -2.29. The van der Waals surface area contributed by atoms with Crippen LogP contribution in [0.25, 0.3) is 0 Å². The van der Waals surface area contributed by atoms with Gasteiger partial charge in [-0.1, -0.05) is 35.5 Å². The molecule has 3 N–H and O–H groups in total. The van der Waals surface area contributed by atoms with E-state index >= 15 is 0 Å². The minimum absolute atomic E-state index is 0.355. The fraction of sp³-hybridized carbons (Fsp3) is 0.333. The molecule has 2 rings (SSSR count). The lowest BCUT2D eigenvalue weighted by molar-refractivity contribution is 0.561. The van der Waals surface area contributed by atoms with E-state index in [4.69, 9.17) is 17.4 Å². The Morgan fingerprint density at radius 3 is 2.95 bits per heavy atom. The van der Waals surface area contributed by atoms with E-state index in [2.05, 4.69) is 21.9 Å². The summed E-state index contributed by atoms with van der Waals surface area (Å²) in [6.45, 7) is 2.05. The van der Waals surface area contributed by atoms with Crippen molar-refractivity contribution in [2.45, 2.75) is 25.8 Å². The molecule has 102 valence electrons. The lowest BCUT2D eigenvalue weighted by Gasteiger charge is -2.16. The van der Waals surface area contributed by atoms with E-state index in [0.29, 0.717) is 10.6 Å². The second-order valence-electron chi connectivity index (χ2n) is 4.10. The van der Waals surface area contributed by atoms with Gasteiger partial charge in [0, 0.05) is 10.6 Å². The second kappa shape index (κ2) is 6.38. The summed E-state index contributed by atoms with van der Waals surface area (Å²) in [4.78, 5) is 0.838. The van der Waals surface area contributed by atoms with Crippen molar-refractivity contribution in [3.05, 3.63) is 45.2 Å². The molecule has 0 aliphatic carbocycles. The van der Waals surface area contributed by atoms with Gasteiger partial charge in [-0.3, -0.25) is 5.84 Å². The molecule has 0 saturated heterocycles. The number of aryl methyl sites for hydroxylation is 1. The minimum Gasteiger partial charge on any atom is -0.271 e. The number of aromatic nitrogens is 2. The SMILES string of the molecule is CCCc1nnsc1C(NN)c1ccc(Cl)cc1F. The normalized spacial score (nSPS) is 12.6. The van der Waals surface area contributed by atoms with Crippen molar-refractivity contribution < 1.29 is 4.39 Å². The molecule has 0 amide bonds. The van der Waals surface area contributed by atoms with Crippen LogP contribution in [-0.4, -0.2) is 9.59 Å². The molecule has 1 aromatic carbocycles. The molecule has 1 atom stereocenters. The zero-order chi connectivity index (χ0) is 13.8. The summed E-state index contributed by atoms with van der Waals surface area (Å²) in [5, 5.41) is 4.43. The largest absolute Gasteiger partial charge is 0.271 e. The third-order valence-electron chi connectivity index (χ3n) is 2.77. The molecule has 2 aromatic rings. The van der Waals surface area contributed by atoms with Gasteiger partial charge in [-0.25, -0.2) is 9.82 Å². The molecule has 0 saturated carbocycles. The molecule has 1 heterocycles. The Labute approximate surface area is 119 Å². The van der Waals surface area contributed by atoms with Gasteiger partial charge >= 0.3 is 0 Å². The van der Waals surface area contributed by atoms with Crippen molar-refractivity contribution in [3.63, 3.8) is 0 Å². The maximum atomic E-state index is 14.0. The lowest BCUT2D eigenvalue weighted by atomic mass is 10.0. The summed E-state index contributed by atoms with van der Waals surface area (Å²) in [6, 6.07) is 4.07. The quantitative estimate of drug-likeness (QED) is 0.658. The molecule has 0 radical (unpaired) electrons. The number of nitrogens with zero attached hydrogens (tertiary/aromatic N) is 2. The molecule has 0 aliphatic heterocycles. The Kier molecular flexibility index (Phi) is 4.81. The van der Waals surface area contributed by atoms with Crippen LogP contribution in [0.1, 0.15) is 35.5 Å². The number of hydrogen-bond donors (Lipinski definition) is 2. The number of halogens is 2. The van der Waals surface area contributed by atoms with Gasteiger partial charge in [0.05, 0.1) is 16.6 Å². The van der Waals surface area contributed by atoms with E-state index < -0.39 is 11.9 Å². The van der Waals surface area contributed by atoms with Gasteiger partial charge in [-0.2, -0.15) is 0 Å². The summed E-state index contributed by atoms with van der Waals surface area (Å²) in [6.07, 6.45) is 1.73. The van der Waals surface area contributed by atoms with Gasteiger partial charge in [0.25, 0.3) is 0 Å². The van der Waals surface area contributed by atoms with Crippen LogP contribution in [0.4, 0.5) is 4.39 Å². The fourth-order valence-corrected chi connectivity index (χ4v) is 2.82. The Bertz CT molecular complexity index is 560. The minimum atomic E-state index is -0.459. The Balaban J connectivity index is 2.41. The standard InChI is InChI=1S/C12H14ClFN4S/c1-2-3-10-12(19-18-17-10)11(16-15)8-5-4-7(13)6-9(8)14/h4-6,11,16H,2-3,15H2,1H3. The van der Waals surface area contributed by atoms with Crippen LogP contribution in [0.3, 0.4) is 0 Å². The molecular weight excluding hydrogens is 287 g/mol. The first-order chi connectivity index (χ1) is 9.17. The Morgan fingerprint density at radius 1 is 1.53 bits per heavy atom. The Morgan fingerprint density at radius 2 is 2.32 bits per heavy atom. The van der Waals surface area contributed by atoms with Crippen LogP contribution in [-0.2, 0) is 6.42 Å². The summed E-state index contributed by atoms with van der Waals surface area (Å²) < 4.78 is 17.9. The molecule has 0 bridgehead atoms. The highest BCUT2D eigenvalue weighted by Crippen LogP contribution is 2.29. The van der Waals surface area contributed by atoms with Gasteiger partial charge in [-0.05, 0) is 30.1 Å². The van der Waals surface area contributed by atoms with E-state index in [9.17, 15) is 4.39 Å². The van der Waals surface area contributed by atoms with E-state index in [1.165, 1.54) is 17.6 Å². The van der Waals surface area contributed by atoms with Crippen molar-refractivity contribution >= 4 is 23.1 Å². The van der Waals surface area contributed by atoms with Crippen molar-refractivity contribution in [3.8, 4) is 0 Å². The summed E-state index contributed by atoms with van der Waals surface area (Å²) in [5.74, 6) is 5.17. The van der Waals surface area contributed by atoms with Crippen molar-refractivity contribution in [1.82, 2.24) is 15.0 Å². The maximum Gasteiger partial charge on any atom is 0.129 e. The van der Waals surface area contributed by atoms with E-state index in [-0.39, 0.29) is 0 Å². The van der Waals surface area contributed by atoms with Gasteiger partial charge in [-0.15, -0.1) is 5.10 Å². The van der Waals surface area contributed by atoms with Crippen LogP contribution < -0.4 is 11.3 Å². The zero-order valence-corrected chi connectivity index (χ0v) is 11.9. The van der Waals surface area contributed by atoms with E-state index in [0.717, 1.165) is 23.4 Å². The van der Waals surface area contributed by atoms with Crippen molar-refractivity contribution in [2.24, 2.45) is 5.84 Å². The predicted molar refractivity (Wildman–Crippen MR) is 74.5 cm³/mol. The molecule has 1 unspecified atom stereocenters. The molecule has 1 aromatic heterocycles. The van der Waals surface area contributed by atoms with Crippen LogP contribution in [0, 0.1) is 5.82 Å². The number of hydrazine groups is 1. The van der Waals surface area contributed by atoms with E-state index in [1.807, 2.05) is 0 Å². The van der Waals surface area contributed by atoms with Gasteiger partial charge in [0.15, 0.2) is 0 Å². The number of hydrogen-bond acceptors (Lipinski definition) is 5. The van der Waals surface area contributed by atoms with Gasteiger partial charge in [0.2, 0.25) is 0 Å². The average Bonchev–Trinajstić information content (AvgIpc) is 2.82. The first kappa shape index (κ1) is 14.3. The van der Waals surface area contributed by atoms with Gasteiger partial charge in [0.1, 0.15) is 5.82 Å². The maximum absolute atomic E-state index is 14.0. The molecule has 4 nitrogen and oxygen atoms in total. The molecule has 7 heteroatoms. The first-order valence-corrected chi connectivity index (χ1v) is 7.04. The van der Waals surface area contributed by atoms with Crippen LogP contribution in [0.2, 0.25) is 5.02 Å². The van der Waals surface area contributed by atoms with Gasteiger partial charge < -0.3 is 0 Å². The average molecular weight is 301 g/mol. The molecule has 19 heavy (non-hydrogen) atoms. The number of benzene rings is 1. The number of nitrogens with two attached hydrogens (primary N) is 1. The third-order valence-corrected chi connectivity index (χ3v) is 3.84. The molecule has 0 spiro atoms. The second-order valence-corrected chi connectivity index (χ2v) is 5.32. The van der Waals surface area contributed by atoms with Crippen molar-refractivity contribution in [1.29, 1.82) is 0 Å². The third kappa shape index (κ3) is 3.09. The van der Waals surface area contributed by atoms with Crippen LogP contribution >= 0.6 is 23.1 Å². The van der Waals surface area contributed by atoms with Crippen LogP contribution in [0.15, 0.2) is 18.2 Å². The predicted octanol–water partition coefficient (Wildman–Crippen LogP) is 2.84. The van der Waals surface area contributed by atoms with Crippen molar-refractivity contribution in [2.75, 3.05) is 0 Å². The highest BCUT2D eigenvalue weighted by atomic mass is 35.5. The highest BCUT2D eigenvalue weighted by molar-refractivity contribution is 7.05.